The second kappa shape index (κ2) is 4.78. The molecule has 0 amide bonds. The molecule has 1 saturated carbocycles. The molecule has 0 aromatic carbocycles. The first kappa shape index (κ1) is 12.6. The molecule has 0 radical (unpaired) electrons. The Morgan fingerprint density at radius 1 is 1.65 bits per heavy atom. The minimum absolute atomic E-state index is 0.173. The van der Waals surface area contributed by atoms with Crippen molar-refractivity contribution in [1.29, 1.82) is 0 Å². The van der Waals surface area contributed by atoms with Gasteiger partial charge in [0.2, 0.25) is 0 Å². The summed E-state index contributed by atoms with van der Waals surface area (Å²) in [5.74, 6) is 1.79. The van der Waals surface area contributed by atoms with Gasteiger partial charge in [0.1, 0.15) is 5.82 Å². The van der Waals surface area contributed by atoms with Crippen molar-refractivity contribution < 1.29 is 0 Å². The molecule has 1 fully saturated rings. The molecule has 0 saturated heterocycles. The number of likely N-dealkylation sites (N-methyl/N-ethyl adjacent to an activating group) is 1. The van der Waals surface area contributed by atoms with Crippen LogP contribution in [0.4, 0.5) is 0 Å². The van der Waals surface area contributed by atoms with E-state index in [9.17, 15) is 0 Å². The van der Waals surface area contributed by atoms with Gasteiger partial charge in [-0.15, -0.1) is 0 Å². The van der Waals surface area contributed by atoms with Gasteiger partial charge in [0.05, 0.1) is 6.54 Å². The molecule has 1 heterocycles. The molecule has 2 N–H and O–H groups in total. The van der Waals surface area contributed by atoms with E-state index in [0.717, 1.165) is 18.9 Å². The lowest BCUT2D eigenvalue weighted by Crippen LogP contribution is -2.53. The van der Waals surface area contributed by atoms with Crippen molar-refractivity contribution in [3.05, 3.63) is 18.2 Å². The van der Waals surface area contributed by atoms with E-state index in [1.165, 1.54) is 19.3 Å². The predicted molar refractivity (Wildman–Crippen MR) is 69.5 cm³/mol. The van der Waals surface area contributed by atoms with E-state index in [1.807, 2.05) is 19.4 Å². The highest BCUT2D eigenvalue weighted by molar-refractivity contribution is 5.01. The van der Waals surface area contributed by atoms with E-state index in [1.54, 1.807) is 0 Å². The van der Waals surface area contributed by atoms with Crippen LogP contribution in [0, 0.1) is 5.92 Å². The maximum atomic E-state index is 6.06. The second-order valence-electron chi connectivity index (χ2n) is 5.41. The zero-order valence-electron chi connectivity index (χ0n) is 11.2. The maximum Gasteiger partial charge on any atom is 0.122 e. The van der Waals surface area contributed by atoms with Crippen LogP contribution in [0.3, 0.4) is 0 Å². The summed E-state index contributed by atoms with van der Waals surface area (Å²) < 4.78 is 2.08. The van der Waals surface area contributed by atoms with Gasteiger partial charge in [-0.3, -0.25) is 4.90 Å². The number of hydrogen-bond acceptors (Lipinski definition) is 3. The summed E-state index contributed by atoms with van der Waals surface area (Å²) in [4.78, 5) is 6.81. The van der Waals surface area contributed by atoms with Gasteiger partial charge < -0.3 is 10.3 Å². The second-order valence-corrected chi connectivity index (χ2v) is 5.41. The molecular weight excluding hydrogens is 212 g/mol. The number of rotatable bonds is 4. The van der Waals surface area contributed by atoms with Crippen molar-refractivity contribution in [1.82, 2.24) is 14.5 Å². The first-order valence-corrected chi connectivity index (χ1v) is 6.47. The highest BCUT2D eigenvalue weighted by Crippen LogP contribution is 2.39. The van der Waals surface area contributed by atoms with Gasteiger partial charge in [0.15, 0.2) is 0 Å². The van der Waals surface area contributed by atoms with Gasteiger partial charge in [-0.1, -0.05) is 13.3 Å². The molecule has 1 aliphatic carbocycles. The third-order valence-electron chi connectivity index (χ3n) is 4.58. The van der Waals surface area contributed by atoms with Gasteiger partial charge in [-0.2, -0.15) is 0 Å². The molecular formula is C13H24N4. The zero-order chi connectivity index (χ0) is 12.5. The van der Waals surface area contributed by atoms with Crippen molar-refractivity contribution >= 4 is 0 Å². The van der Waals surface area contributed by atoms with Crippen LogP contribution in [-0.4, -0.2) is 33.6 Å². The number of aryl methyl sites for hydroxylation is 1. The SMILES string of the molecule is CC1CCCC1(CN)N(C)Cc1nccn1C. The summed E-state index contributed by atoms with van der Waals surface area (Å²) in [6.45, 7) is 3.95. The average molecular weight is 236 g/mol. The van der Waals surface area contributed by atoms with Gasteiger partial charge in [0, 0.05) is 31.5 Å². The van der Waals surface area contributed by atoms with Crippen molar-refractivity contribution in [2.24, 2.45) is 18.7 Å². The van der Waals surface area contributed by atoms with Crippen LogP contribution < -0.4 is 5.73 Å². The Labute approximate surface area is 104 Å². The Balaban J connectivity index is 2.13. The molecule has 1 aliphatic rings. The minimum atomic E-state index is 0.173. The van der Waals surface area contributed by atoms with E-state index in [2.05, 4.69) is 28.4 Å². The molecule has 0 bridgehead atoms. The highest BCUT2D eigenvalue weighted by atomic mass is 15.2. The highest BCUT2D eigenvalue weighted by Gasteiger charge is 2.42. The van der Waals surface area contributed by atoms with Crippen LogP contribution >= 0.6 is 0 Å². The summed E-state index contributed by atoms with van der Waals surface area (Å²) in [5.41, 5.74) is 6.23. The lowest BCUT2D eigenvalue weighted by atomic mass is 9.86. The van der Waals surface area contributed by atoms with Crippen LogP contribution in [0.1, 0.15) is 32.0 Å². The number of hydrogen-bond donors (Lipinski definition) is 1. The van der Waals surface area contributed by atoms with Crippen molar-refractivity contribution in [2.75, 3.05) is 13.6 Å². The smallest absolute Gasteiger partial charge is 0.122 e. The Hall–Kier alpha value is -0.870. The Morgan fingerprint density at radius 3 is 2.88 bits per heavy atom. The Morgan fingerprint density at radius 2 is 2.41 bits per heavy atom. The molecule has 4 nitrogen and oxygen atoms in total. The molecule has 4 heteroatoms. The number of imidazole rings is 1. The number of nitrogens with zero attached hydrogens (tertiary/aromatic N) is 3. The molecule has 1 aromatic rings. The molecule has 96 valence electrons. The quantitative estimate of drug-likeness (QED) is 0.859. The number of nitrogens with two attached hydrogens (primary N) is 1. The van der Waals surface area contributed by atoms with Crippen LogP contribution in [-0.2, 0) is 13.6 Å². The zero-order valence-corrected chi connectivity index (χ0v) is 11.2. The van der Waals surface area contributed by atoms with Crippen LogP contribution in [0.5, 0.6) is 0 Å². The van der Waals surface area contributed by atoms with E-state index in [4.69, 9.17) is 5.73 Å². The van der Waals surface area contributed by atoms with Crippen molar-refractivity contribution in [2.45, 2.75) is 38.3 Å². The molecule has 0 spiro atoms. The summed E-state index contributed by atoms with van der Waals surface area (Å²) in [7, 11) is 4.23. The molecule has 0 aliphatic heterocycles. The average Bonchev–Trinajstić information content (AvgIpc) is 2.87. The molecule has 2 rings (SSSR count). The fourth-order valence-electron chi connectivity index (χ4n) is 3.17. The monoisotopic (exact) mass is 236 g/mol. The van der Waals surface area contributed by atoms with E-state index < -0.39 is 0 Å². The van der Waals surface area contributed by atoms with Gasteiger partial charge in [-0.25, -0.2) is 4.98 Å². The molecule has 2 unspecified atom stereocenters. The summed E-state index contributed by atoms with van der Waals surface area (Å²) in [6.07, 6.45) is 7.66. The summed E-state index contributed by atoms with van der Waals surface area (Å²) in [5, 5.41) is 0. The topological polar surface area (TPSA) is 47.1 Å². The summed E-state index contributed by atoms with van der Waals surface area (Å²) in [6, 6.07) is 0. The van der Waals surface area contributed by atoms with Crippen LogP contribution in [0.15, 0.2) is 12.4 Å². The standard InChI is InChI=1S/C13H24N4/c1-11-5-4-6-13(11,10-14)17(3)9-12-15-7-8-16(12)2/h7-8,11H,4-6,9-10,14H2,1-3H3. The van der Waals surface area contributed by atoms with Gasteiger partial charge in [0.25, 0.3) is 0 Å². The molecule has 1 aromatic heterocycles. The fourth-order valence-corrected chi connectivity index (χ4v) is 3.17. The molecule has 2 atom stereocenters. The van der Waals surface area contributed by atoms with E-state index in [-0.39, 0.29) is 5.54 Å². The van der Waals surface area contributed by atoms with Gasteiger partial charge in [-0.05, 0) is 25.8 Å². The molecule has 17 heavy (non-hydrogen) atoms. The first-order valence-electron chi connectivity index (χ1n) is 6.47. The third-order valence-corrected chi connectivity index (χ3v) is 4.58. The predicted octanol–water partition coefficient (Wildman–Crippen LogP) is 1.37. The van der Waals surface area contributed by atoms with Gasteiger partial charge >= 0.3 is 0 Å². The lowest BCUT2D eigenvalue weighted by Gasteiger charge is -2.41. The summed E-state index contributed by atoms with van der Waals surface area (Å²) >= 11 is 0. The van der Waals surface area contributed by atoms with Crippen LogP contribution in [0.25, 0.3) is 0 Å². The Bertz CT molecular complexity index is 373. The largest absolute Gasteiger partial charge is 0.337 e. The van der Waals surface area contributed by atoms with Crippen LogP contribution in [0.2, 0.25) is 0 Å². The maximum absolute atomic E-state index is 6.06. The van der Waals surface area contributed by atoms with Crippen molar-refractivity contribution in [3.63, 3.8) is 0 Å². The number of aromatic nitrogens is 2. The normalized spacial score (nSPS) is 29.1. The van der Waals surface area contributed by atoms with E-state index >= 15 is 0 Å². The van der Waals surface area contributed by atoms with Crippen molar-refractivity contribution in [3.8, 4) is 0 Å². The fraction of sp³-hybridized carbons (Fsp3) is 0.769. The first-order chi connectivity index (χ1) is 8.10. The Kier molecular flexibility index (Phi) is 3.54. The third kappa shape index (κ3) is 2.11. The lowest BCUT2D eigenvalue weighted by molar-refractivity contribution is 0.0808. The minimum Gasteiger partial charge on any atom is -0.337 e. The van der Waals surface area contributed by atoms with E-state index in [0.29, 0.717) is 5.92 Å².